The normalized spacial score (nSPS) is 16.8. The minimum atomic E-state index is -0.622. The molecule has 2 atom stereocenters. The maximum Gasteiger partial charge on any atom is 0.311 e. The second-order valence-electron chi connectivity index (χ2n) is 7.51. The van der Waals surface area contributed by atoms with E-state index in [9.17, 15) is 19.2 Å². The zero-order chi connectivity index (χ0) is 22.1. The molecule has 8 nitrogen and oxygen atoms in total. The molecule has 1 fully saturated rings. The Morgan fingerprint density at radius 1 is 1.17 bits per heavy atom. The standard InChI is InChI=1S/C22H31N3O5/c1-4-10-23-19(26)12-24-20(27)14-30-22(29)16-11-21(28)25(13-16)18-9-7-6-8-17(18)15(3)5-2/h6-9,15-16H,4-5,10-14H2,1-3H3,(H,23,26)(H,24,27)/t15-,16+/m1/s1. The molecule has 0 bridgehead atoms. The summed E-state index contributed by atoms with van der Waals surface area (Å²) in [4.78, 5) is 49.8. The lowest BCUT2D eigenvalue weighted by Crippen LogP contribution is -2.39. The lowest BCUT2D eigenvalue weighted by molar-refractivity contribution is -0.152. The number of para-hydroxylation sites is 1. The fourth-order valence-electron chi connectivity index (χ4n) is 3.28. The first-order chi connectivity index (χ1) is 14.4. The Morgan fingerprint density at radius 2 is 1.90 bits per heavy atom. The van der Waals surface area contributed by atoms with Gasteiger partial charge in [0, 0.05) is 25.2 Å². The third-order valence-electron chi connectivity index (χ3n) is 5.19. The lowest BCUT2D eigenvalue weighted by Gasteiger charge is -2.23. The van der Waals surface area contributed by atoms with Crippen molar-refractivity contribution in [1.82, 2.24) is 10.6 Å². The van der Waals surface area contributed by atoms with E-state index >= 15 is 0 Å². The summed E-state index contributed by atoms with van der Waals surface area (Å²) >= 11 is 0. The quantitative estimate of drug-likeness (QED) is 0.564. The predicted octanol–water partition coefficient (Wildman–Crippen LogP) is 1.74. The average Bonchev–Trinajstić information content (AvgIpc) is 3.15. The van der Waals surface area contributed by atoms with Gasteiger partial charge in [-0.15, -0.1) is 0 Å². The molecule has 1 saturated heterocycles. The molecule has 0 spiro atoms. The molecule has 0 aliphatic carbocycles. The van der Waals surface area contributed by atoms with Crippen LogP contribution < -0.4 is 15.5 Å². The zero-order valence-corrected chi connectivity index (χ0v) is 17.9. The Labute approximate surface area is 177 Å². The third kappa shape index (κ3) is 6.30. The van der Waals surface area contributed by atoms with E-state index in [-0.39, 0.29) is 31.3 Å². The molecular weight excluding hydrogens is 386 g/mol. The number of nitrogens with one attached hydrogen (secondary N) is 2. The van der Waals surface area contributed by atoms with Gasteiger partial charge in [-0.05, 0) is 30.4 Å². The molecule has 30 heavy (non-hydrogen) atoms. The number of anilines is 1. The number of benzene rings is 1. The smallest absolute Gasteiger partial charge is 0.311 e. The van der Waals surface area contributed by atoms with Crippen molar-refractivity contribution in [3.05, 3.63) is 29.8 Å². The van der Waals surface area contributed by atoms with Crippen LogP contribution in [0.4, 0.5) is 5.69 Å². The first-order valence-corrected chi connectivity index (χ1v) is 10.5. The van der Waals surface area contributed by atoms with E-state index in [1.165, 1.54) is 0 Å². The van der Waals surface area contributed by atoms with Crippen LogP contribution in [0.1, 0.15) is 51.5 Å². The van der Waals surface area contributed by atoms with Gasteiger partial charge in [0.2, 0.25) is 11.8 Å². The SMILES string of the molecule is CCCNC(=O)CNC(=O)COC(=O)[C@H]1CC(=O)N(c2ccccc2[C@H](C)CC)C1. The zero-order valence-electron chi connectivity index (χ0n) is 17.9. The van der Waals surface area contributed by atoms with E-state index in [4.69, 9.17) is 4.74 Å². The van der Waals surface area contributed by atoms with Gasteiger partial charge in [0.1, 0.15) is 0 Å². The van der Waals surface area contributed by atoms with Gasteiger partial charge in [-0.25, -0.2) is 0 Å². The topological polar surface area (TPSA) is 105 Å². The number of carbonyl (C=O) groups excluding carboxylic acids is 4. The highest BCUT2D eigenvalue weighted by atomic mass is 16.5. The molecule has 1 aromatic carbocycles. The summed E-state index contributed by atoms with van der Waals surface area (Å²) in [6.07, 6.45) is 1.79. The van der Waals surface area contributed by atoms with Crippen LogP contribution in [0.25, 0.3) is 0 Å². The third-order valence-corrected chi connectivity index (χ3v) is 5.19. The fourth-order valence-corrected chi connectivity index (χ4v) is 3.28. The van der Waals surface area contributed by atoms with E-state index in [1.807, 2.05) is 31.2 Å². The number of hydrogen-bond acceptors (Lipinski definition) is 5. The van der Waals surface area contributed by atoms with Crippen LogP contribution in [0.15, 0.2) is 24.3 Å². The molecule has 1 heterocycles. The van der Waals surface area contributed by atoms with E-state index in [0.717, 1.165) is 24.1 Å². The predicted molar refractivity (Wildman–Crippen MR) is 113 cm³/mol. The maximum atomic E-state index is 12.5. The maximum absolute atomic E-state index is 12.5. The molecular formula is C22H31N3O5. The van der Waals surface area contributed by atoms with Crippen LogP contribution in [0, 0.1) is 5.92 Å². The van der Waals surface area contributed by atoms with Gasteiger partial charge in [0.15, 0.2) is 6.61 Å². The average molecular weight is 418 g/mol. The lowest BCUT2D eigenvalue weighted by atomic mass is 9.96. The van der Waals surface area contributed by atoms with Crippen molar-refractivity contribution in [3.63, 3.8) is 0 Å². The molecule has 3 amide bonds. The van der Waals surface area contributed by atoms with Crippen LogP contribution in [0.3, 0.4) is 0 Å². The van der Waals surface area contributed by atoms with Crippen LogP contribution in [0.2, 0.25) is 0 Å². The second-order valence-corrected chi connectivity index (χ2v) is 7.51. The van der Waals surface area contributed by atoms with Crippen molar-refractivity contribution in [2.24, 2.45) is 5.92 Å². The van der Waals surface area contributed by atoms with Crippen molar-refractivity contribution in [2.45, 2.75) is 46.0 Å². The second kappa shape index (κ2) is 11.3. The highest BCUT2D eigenvalue weighted by molar-refractivity contribution is 6.00. The highest BCUT2D eigenvalue weighted by Gasteiger charge is 2.37. The Kier molecular flexibility index (Phi) is 8.83. The molecule has 8 heteroatoms. The number of rotatable bonds is 10. The largest absolute Gasteiger partial charge is 0.455 e. The van der Waals surface area contributed by atoms with Crippen molar-refractivity contribution in [3.8, 4) is 0 Å². The van der Waals surface area contributed by atoms with E-state index < -0.39 is 24.4 Å². The van der Waals surface area contributed by atoms with Crippen molar-refractivity contribution in [2.75, 3.05) is 31.1 Å². The van der Waals surface area contributed by atoms with Crippen molar-refractivity contribution < 1.29 is 23.9 Å². The highest BCUT2D eigenvalue weighted by Crippen LogP contribution is 2.33. The first kappa shape index (κ1) is 23.4. The van der Waals surface area contributed by atoms with Gasteiger partial charge in [-0.3, -0.25) is 19.2 Å². The van der Waals surface area contributed by atoms with E-state index in [0.29, 0.717) is 12.5 Å². The molecule has 1 aliphatic heterocycles. The molecule has 2 N–H and O–H groups in total. The van der Waals surface area contributed by atoms with Crippen molar-refractivity contribution >= 4 is 29.4 Å². The number of nitrogens with zero attached hydrogens (tertiary/aromatic N) is 1. The van der Waals surface area contributed by atoms with E-state index in [1.54, 1.807) is 4.90 Å². The molecule has 0 saturated carbocycles. The van der Waals surface area contributed by atoms with Crippen LogP contribution >= 0.6 is 0 Å². The molecule has 0 radical (unpaired) electrons. The molecule has 1 aliphatic rings. The van der Waals surface area contributed by atoms with Crippen LogP contribution in [-0.4, -0.2) is 49.9 Å². The number of ether oxygens (including phenoxy) is 1. The Bertz CT molecular complexity index is 780. The van der Waals surface area contributed by atoms with Gasteiger partial charge in [-0.1, -0.05) is 39.0 Å². The summed E-state index contributed by atoms with van der Waals surface area (Å²) < 4.78 is 5.07. The number of carbonyl (C=O) groups is 4. The summed E-state index contributed by atoms with van der Waals surface area (Å²) in [5.74, 6) is -1.91. The van der Waals surface area contributed by atoms with Crippen LogP contribution in [0.5, 0.6) is 0 Å². The van der Waals surface area contributed by atoms with Gasteiger partial charge in [-0.2, -0.15) is 0 Å². The minimum Gasteiger partial charge on any atom is -0.455 e. The Morgan fingerprint density at radius 3 is 2.60 bits per heavy atom. The van der Waals surface area contributed by atoms with Gasteiger partial charge >= 0.3 is 5.97 Å². The fraction of sp³-hybridized carbons (Fsp3) is 0.545. The van der Waals surface area contributed by atoms with Gasteiger partial charge in [0.25, 0.3) is 5.91 Å². The summed E-state index contributed by atoms with van der Waals surface area (Å²) in [7, 11) is 0. The van der Waals surface area contributed by atoms with Gasteiger partial charge in [0.05, 0.1) is 12.5 Å². The summed E-state index contributed by atoms with van der Waals surface area (Å²) in [5, 5.41) is 5.04. The Hall–Kier alpha value is -2.90. The Balaban J connectivity index is 1.87. The summed E-state index contributed by atoms with van der Waals surface area (Å²) in [6, 6.07) is 7.72. The van der Waals surface area contributed by atoms with Gasteiger partial charge < -0.3 is 20.3 Å². The van der Waals surface area contributed by atoms with Crippen LogP contribution in [-0.2, 0) is 23.9 Å². The molecule has 2 rings (SSSR count). The number of esters is 1. The minimum absolute atomic E-state index is 0.0503. The summed E-state index contributed by atoms with van der Waals surface area (Å²) in [6.45, 7) is 6.24. The number of hydrogen-bond donors (Lipinski definition) is 2. The molecule has 164 valence electrons. The monoisotopic (exact) mass is 417 g/mol. The van der Waals surface area contributed by atoms with Crippen molar-refractivity contribution in [1.29, 1.82) is 0 Å². The van der Waals surface area contributed by atoms with E-state index in [2.05, 4.69) is 24.5 Å². The molecule has 0 unspecified atom stereocenters. The first-order valence-electron chi connectivity index (χ1n) is 10.5. The number of amides is 3. The summed E-state index contributed by atoms with van der Waals surface area (Å²) in [5.41, 5.74) is 1.89. The molecule has 1 aromatic rings. The molecule has 0 aromatic heterocycles.